The third-order valence-electron chi connectivity index (χ3n) is 1.98. The van der Waals surface area contributed by atoms with Crippen LogP contribution in [-0.2, 0) is 31.1 Å². The van der Waals surface area contributed by atoms with Gasteiger partial charge in [0.1, 0.15) is 20.0 Å². The van der Waals surface area contributed by atoms with Crippen molar-refractivity contribution in [2.24, 2.45) is 0 Å². The Labute approximate surface area is 87.4 Å². The lowest BCUT2D eigenvalue weighted by molar-refractivity contribution is 0.443. The van der Waals surface area contributed by atoms with Crippen LogP contribution < -0.4 is 0 Å². The number of alkyl halides is 3. The first-order valence-corrected chi connectivity index (χ1v) is 5.18. The summed E-state index contributed by atoms with van der Waals surface area (Å²) < 4.78 is 57.0. The van der Waals surface area contributed by atoms with Crippen molar-refractivity contribution in [3.8, 4) is 0 Å². The molecule has 1 atom stereocenters. The van der Waals surface area contributed by atoms with Crippen LogP contribution in [0.2, 0.25) is 0 Å². The standard InChI is InChI=1S/C9H9F3O2S/c10-3-6-1-7(4-11)8(5-12)9(2-6)15(13)14/h1-2H,3-5H2,(H,13,14). The van der Waals surface area contributed by atoms with E-state index in [1.165, 1.54) is 0 Å². The fourth-order valence-electron chi connectivity index (χ4n) is 1.27. The minimum atomic E-state index is -2.44. The molecule has 0 fully saturated rings. The maximum Gasteiger partial charge on any atom is 0.186 e. The fraction of sp³-hybridized carbons (Fsp3) is 0.333. The van der Waals surface area contributed by atoms with Gasteiger partial charge in [-0.25, -0.2) is 17.4 Å². The first-order chi connectivity index (χ1) is 7.13. The molecule has 1 aromatic carbocycles. The second-order valence-electron chi connectivity index (χ2n) is 2.88. The van der Waals surface area contributed by atoms with Crippen molar-refractivity contribution in [3.05, 3.63) is 28.8 Å². The molecule has 0 saturated heterocycles. The zero-order valence-corrected chi connectivity index (χ0v) is 8.49. The largest absolute Gasteiger partial charge is 0.302 e. The molecule has 1 unspecified atom stereocenters. The van der Waals surface area contributed by atoms with Crippen LogP contribution in [0.15, 0.2) is 17.0 Å². The van der Waals surface area contributed by atoms with E-state index in [0.717, 1.165) is 12.1 Å². The molecule has 0 aliphatic rings. The van der Waals surface area contributed by atoms with Crippen LogP contribution in [0.4, 0.5) is 13.2 Å². The van der Waals surface area contributed by atoms with Crippen molar-refractivity contribution < 1.29 is 21.9 Å². The number of rotatable bonds is 4. The van der Waals surface area contributed by atoms with Crippen molar-refractivity contribution in [2.45, 2.75) is 24.9 Å². The van der Waals surface area contributed by atoms with E-state index >= 15 is 0 Å². The molecule has 0 spiro atoms. The predicted molar refractivity (Wildman–Crippen MR) is 49.9 cm³/mol. The Morgan fingerprint density at radius 2 is 1.80 bits per heavy atom. The molecule has 15 heavy (non-hydrogen) atoms. The van der Waals surface area contributed by atoms with Gasteiger partial charge in [-0.3, -0.25) is 0 Å². The average Bonchev–Trinajstić information content (AvgIpc) is 2.26. The van der Waals surface area contributed by atoms with E-state index in [2.05, 4.69) is 0 Å². The van der Waals surface area contributed by atoms with E-state index in [9.17, 15) is 17.4 Å². The van der Waals surface area contributed by atoms with Gasteiger partial charge >= 0.3 is 0 Å². The lowest BCUT2D eigenvalue weighted by Crippen LogP contribution is -2.01. The van der Waals surface area contributed by atoms with Gasteiger partial charge in [-0.2, -0.15) is 0 Å². The Kier molecular flexibility index (Phi) is 4.28. The maximum absolute atomic E-state index is 12.5. The number of benzene rings is 1. The summed E-state index contributed by atoms with van der Waals surface area (Å²) >= 11 is -2.44. The normalized spacial score (nSPS) is 12.8. The topological polar surface area (TPSA) is 37.3 Å². The van der Waals surface area contributed by atoms with E-state index in [4.69, 9.17) is 4.55 Å². The highest BCUT2D eigenvalue weighted by Gasteiger charge is 2.14. The highest BCUT2D eigenvalue weighted by molar-refractivity contribution is 7.79. The molecule has 0 bridgehead atoms. The Bertz CT molecular complexity index is 382. The minimum Gasteiger partial charge on any atom is -0.302 e. The number of halogens is 3. The summed E-state index contributed by atoms with van der Waals surface area (Å²) in [5.74, 6) is 0. The van der Waals surface area contributed by atoms with Gasteiger partial charge in [0.25, 0.3) is 0 Å². The molecule has 1 rings (SSSR count). The number of hydrogen-bond donors (Lipinski definition) is 1. The SMILES string of the molecule is O=S(O)c1cc(CF)cc(CF)c1CF. The van der Waals surface area contributed by atoms with Crippen LogP contribution >= 0.6 is 0 Å². The zero-order valence-electron chi connectivity index (χ0n) is 7.67. The molecular formula is C9H9F3O2S. The van der Waals surface area contributed by atoms with Gasteiger partial charge in [-0.1, -0.05) is 6.07 Å². The van der Waals surface area contributed by atoms with Gasteiger partial charge in [0, 0.05) is 5.56 Å². The van der Waals surface area contributed by atoms with Crippen LogP contribution in [0.1, 0.15) is 16.7 Å². The minimum absolute atomic E-state index is 0.0669. The van der Waals surface area contributed by atoms with Crippen LogP contribution in [0.3, 0.4) is 0 Å². The van der Waals surface area contributed by atoms with Gasteiger partial charge in [0.15, 0.2) is 11.1 Å². The molecular weight excluding hydrogens is 229 g/mol. The van der Waals surface area contributed by atoms with E-state index < -0.39 is 31.1 Å². The maximum atomic E-state index is 12.5. The van der Waals surface area contributed by atoms with E-state index in [-0.39, 0.29) is 21.6 Å². The summed E-state index contributed by atoms with van der Waals surface area (Å²) in [6, 6.07) is 2.23. The van der Waals surface area contributed by atoms with Gasteiger partial charge in [-0.05, 0) is 17.2 Å². The monoisotopic (exact) mass is 238 g/mol. The quantitative estimate of drug-likeness (QED) is 0.819. The summed E-state index contributed by atoms with van der Waals surface area (Å²) in [7, 11) is 0. The lowest BCUT2D eigenvalue weighted by atomic mass is 10.1. The molecule has 0 radical (unpaired) electrons. The second kappa shape index (κ2) is 5.27. The summed E-state index contributed by atoms with van der Waals surface area (Å²) in [6.45, 7) is -2.92. The van der Waals surface area contributed by atoms with Crippen molar-refractivity contribution in [2.75, 3.05) is 0 Å². The molecule has 84 valence electrons. The van der Waals surface area contributed by atoms with Crippen LogP contribution in [0.25, 0.3) is 0 Å². The van der Waals surface area contributed by atoms with Crippen LogP contribution in [0.5, 0.6) is 0 Å². The van der Waals surface area contributed by atoms with Crippen molar-refractivity contribution in [1.29, 1.82) is 0 Å². The van der Waals surface area contributed by atoms with Gasteiger partial charge in [-0.15, -0.1) is 0 Å². The van der Waals surface area contributed by atoms with Crippen molar-refractivity contribution in [1.82, 2.24) is 0 Å². The molecule has 2 nitrogen and oxygen atoms in total. The molecule has 0 heterocycles. The summed E-state index contributed by atoms with van der Waals surface area (Å²) in [6.07, 6.45) is 0. The molecule has 0 aliphatic heterocycles. The molecule has 6 heteroatoms. The molecule has 0 saturated carbocycles. The Hall–Kier alpha value is -0.880. The smallest absolute Gasteiger partial charge is 0.186 e. The van der Waals surface area contributed by atoms with Gasteiger partial charge < -0.3 is 4.55 Å². The second-order valence-corrected chi connectivity index (χ2v) is 3.82. The highest BCUT2D eigenvalue weighted by atomic mass is 32.2. The predicted octanol–water partition coefficient (Wildman–Crippen LogP) is 2.68. The number of hydrogen-bond acceptors (Lipinski definition) is 1. The zero-order chi connectivity index (χ0) is 11.4. The first-order valence-electron chi connectivity index (χ1n) is 4.07. The Morgan fingerprint density at radius 3 is 2.20 bits per heavy atom. The molecule has 0 aromatic heterocycles. The first kappa shape index (κ1) is 12.2. The highest BCUT2D eigenvalue weighted by Crippen LogP contribution is 2.23. The van der Waals surface area contributed by atoms with Gasteiger partial charge in [0.2, 0.25) is 0 Å². The van der Waals surface area contributed by atoms with Crippen molar-refractivity contribution in [3.63, 3.8) is 0 Å². The molecule has 0 amide bonds. The third kappa shape index (κ3) is 2.57. The molecule has 1 N–H and O–H groups in total. The lowest BCUT2D eigenvalue weighted by Gasteiger charge is -2.09. The third-order valence-corrected chi connectivity index (χ3v) is 2.72. The van der Waals surface area contributed by atoms with Gasteiger partial charge in [0.05, 0.1) is 4.90 Å². The fourth-order valence-corrected chi connectivity index (χ4v) is 1.92. The molecule has 0 aliphatic carbocycles. The summed E-state index contributed by atoms with van der Waals surface area (Å²) in [5, 5.41) is 0. The molecule has 1 aromatic rings. The van der Waals surface area contributed by atoms with E-state index in [1.54, 1.807) is 0 Å². The van der Waals surface area contributed by atoms with E-state index in [1.807, 2.05) is 0 Å². The van der Waals surface area contributed by atoms with Crippen molar-refractivity contribution >= 4 is 11.1 Å². The summed E-state index contributed by atoms with van der Waals surface area (Å²) in [5.41, 5.74) is -0.183. The Morgan fingerprint density at radius 1 is 1.13 bits per heavy atom. The average molecular weight is 238 g/mol. The van der Waals surface area contributed by atoms with Crippen LogP contribution in [0, 0.1) is 0 Å². The van der Waals surface area contributed by atoms with E-state index in [0.29, 0.717) is 0 Å². The summed E-state index contributed by atoms with van der Waals surface area (Å²) in [4.78, 5) is -0.264. The van der Waals surface area contributed by atoms with Crippen LogP contribution in [-0.4, -0.2) is 8.76 Å². The Balaban J connectivity index is 3.39.